The summed E-state index contributed by atoms with van der Waals surface area (Å²) in [6.07, 6.45) is 1.79. The fourth-order valence-corrected chi connectivity index (χ4v) is 2.77. The second-order valence-electron chi connectivity index (χ2n) is 5.77. The van der Waals surface area contributed by atoms with Crippen molar-refractivity contribution < 1.29 is 14.5 Å². The molecule has 0 bridgehead atoms. The molecule has 3 N–H and O–H groups in total. The monoisotopic (exact) mass is 352 g/mol. The lowest BCUT2D eigenvalue weighted by atomic mass is 10.1. The molecule has 1 aromatic heterocycles. The summed E-state index contributed by atoms with van der Waals surface area (Å²) in [6.45, 7) is 1.55. The Morgan fingerprint density at radius 2 is 1.88 bits per heavy atom. The number of nitro groups is 1. The average Bonchev–Trinajstić information content (AvgIpc) is 3.02. The quantitative estimate of drug-likeness (QED) is 0.493. The third-order valence-electron chi connectivity index (χ3n) is 4.01. The Balaban J connectivity index is 1.67. The molecule has 0 saturated heterocycles. The number of benzene rings is 2. The molecule has 0 unspecified atom stereocenters. The van der Waals surface area contributed by atoms with Crippen molar-refractivity contribution in [2.24, 2.45) is 0 Å². The normalized spacial score (nSPS) is 10.5. The van der Waals surface area contributed by atoms with Gasteiger partial charge in [0.2, 0.25) is 5.91 Å². The molecular formula is C18H16N4O4. The molecular weight excluding hydrogens is 336 g/mol. The topological polar surface area (TPSA) is 117 Å². The second-order valence-corrected chi connectivity index (χ2v) is 5.77. The van der Waals surface area contributed by atoms with Crippen LogP contribution in [0.1, 0.15) is 21.5 Å². The summed E-state index contributed by atoms with van der Waals surface area (Å²) in [7, 11) is 0. The molecule has 0 aliphatic carbocycles. The van der Waals surface area contributed by atoms with E-state index >= 15 is 0 Å². The van der Waals surface area contributed by atoms with Crippen LogP contribution < -0.4 is 10.9 Å². The highest BCUT2D eigenvalue weighted by molar-refractivity contribution is 5.99. The summed E-state index contributed by atoms with van der Waals surface area (Å²) in [4.78, 5) is 37.9. The number of nitrogens with zero attached hydrogens (tertiary/aromatic N) is 1. The van der Waals surface area contributed by atoms with E-state index < -0.39 is 16.7 Å². The van der Waals surface area contributed by atoms with E-state index in [4.69, 9.17) is 0 Å². The number of para-hydroxylation sites is 2. The van der Waals surface area contributed by atoms with E-state index in [0.717, 1.165) is 16.5 Å². The zero-order valence-corrected chi connectivity index (χ0v) is 13.9. The molecule has 0 atom stereocenters. The first-order valence-electron chi connectivity index (χ1n) is 7.85. The summed E-state index contributed by atoms with van der Waals surface area (Å²) in [5.74, 6) is -1.17. The molecule has 26 heavy (non-hydrogen) atoms. The van der Waals surface area contributed by atoms with Crippen LogP contribution in [-0.2, 0) is 11.2 Å². The number of nitro benzene ring substituents is 1. The van der Waals surface area contributed by atoms with E-state index in [1.807, 2.05) is 24.3 Å². The third-order valence-corrected chi connectivity index (χ3v) is 4.01. The summed E-state index contributed by atoms with van der Waals surface area (Å²) >= 11 is 0. The van der Waals surface area contributed by atoms with Gasteiger partial charge in [0.05, 0.1) is 11.3 Å². The van der Waals surface area contributed by atoms with Gasteiger partial charge in [0.1, 0.15) is 5.56 Å². The maximum Gasteiger partial charge on any atom is 0.285 e. The van der Waals surface area contributed by atoms with E-state index in [1.54, 1.807) is 25.3 Å². The van der Waals surface area contributed by atoms with Crippen molar-refractivity contribution in [2.45, 2.75) is 13.3 Å². The molecule has 3 rings (SSSR count). The van der Waals surface area contributed by atoms with Crippen molar-refractivity contribution in [3.63, 3.8) is 0 Å². The molecule has 8 nitrogen and oxygen atoms in total. The number of carbonyl (C=O) groups excluding carboxylic acids is 2. The number of hydrazine groups is 1. The molecule has 8 heteroatoms. The van der Waals surface area contributed by atoms with Crippen LogP contribution in [0, 0.1) is 17.0 Å². The number of aryl methyl sites for hydroxylation is 1. The molecule has 0 radical (unpaired) electrons. The van der Waals surface area contributed by atoms with Gasteiger partial charge in [-0.1, -0.05) is 30.3 Å². The van der Waals surface area contributed by atoms with Crippen LogP contribution in [0.5, 0.6) is 0 Å². The smallest absolute Gasteiger partial charge is 0.285 e. The molecule has 0 spiro atoms. The van der Waals surface area contributed by atoms with Gasteiger partial charge in [0, 0.05) is 22.7 Å². The largest absolute Gasteiger partial charge is 0.361 e. The number of aromatic amines is 1. The average molecular weight is 352 g/mol. The van der Waals surface area contributed by atoms with Crippen LogP contribution in [0.3, 0.4) is 0 Å². The molecule has 132 valence electrons. The van der Waals surface area contributed by atoms with Crippen molar-refractivity contribution in [3.8, 4) is 0 Å². The molecule has 0 saturated carbocycles. The lowest BCUT2D eigenvalue weighted by Gasteiger charge is -2.08. The summed E-state index contributed by atoms with van der Waals surface area (Å²) in [6, 6.07) is 12.0. The summed E-state index contributed by atoms with van der Waals surface area (Å²) < 4.78 is 0. The number of carbonyl (C=O) groups is 2. The number of aromatic nitrogens is 1. The number of amides is 2. The minimum absolute atomic E-state index is 0.0558. The maximum atomic E-state index is 12.2. The Labute approximate surface area is 148 Å². The Morgan fingerprint density at radius 3 is 2.65 bits per heavy atom. The van der Waals surface area contributed by atoms with Gasteiger partial charge in [-0.15, -0.1) is 0 Å². The van der Waals surface area contributed by atoms with Gasteiger partial charge in [0.25, 0.3) is 11.6 Å². The van der Waals surface area contributed by atoms with Gasteiger partial charge in [-0.2, -0.15) is 0 Å². The Bertz CT molecular complexity index is 1010. The molecule has 0 aliphatic rings. The van der Waals surface area contributed by atoms with Gasteiger partial charge in [0.15, 0.2) is 0 Å². The SMILES string of the molecule is Cc1cccc(C(=O)NNC(=O)Cc2c[nH]c3ccccc23)c1[N+](=O)[O-]. The number of fused-ring (bicyclic) bond motifs is 1. The lowest BCUT2D eigenvalue weighted by molar-refractivity contribution is -0.385. The molecule has 2 aromatic carbocycles. The number of H-pyrrole nitrogens is 1. The van der Waals surface area contributed by atoms with Crippen LogP contribution in [0.15, 0.2) is 48.7 Å². The zero-order valence-electron chi connectivity index (χ0n) is 13.9. The van der Waals surface area contributed by atoms with Gasteiger partial charge >= 0.3 is 0 Å². The Hall–Kier alpha value is -3.68. The third kappa shape index (κ3) is 3.39. The standard InChI is InChI=1S/C18H16N4O4/c1-11-5-4-7-14(17(11)22(25)26)18(24)21-20-16(23)9-12-10-19-15-8-3-2-6-13(12)15/h2-8,10,19H,9H2,1H3,(H,20,23)(H,21,24). The van der Waals surface area contributed by atoms with Crippen molar-refractivity contribution in [1.82, 2.24) is 15.8 Å². The molecule has 1 heterocycles. The van der Waals surface area contributed by atoms with E-state index in [1.165, 1.54) is 6.07 Å². The number of rotatable bonds is 4. The lowest BCUT2D eigenvalue weighted by Crippen LogP contribution is -2.42. The van der Waals surface area contributed by atoms with E-state index in [-0.39, 0.29) is 17.7 Å². The van der Waals surface area contributed by atoms with Gasteiger partial charge in [-0.05, 0) is 24.6 Å². The first-order chi connectivity index (χ1) is 12.5. The maximum absolute atomic E-state index is 12.2. The highest BCUT2D eigenvalue weighted by Crippen LogP contribution is 2.22. The van der Waals surface area contributed by atoms with Crippen molar-refractivity contribution in [3.05, 3.63) is 75.5 Å². The van der Waals surface area contributed by atoms with Crippen LogP contribution in [0.25, 0.3) is 10.9 Å². The van der Waals surface area contributed by atoms with Crippen molar-refractivity contribution in [2.75, 3.05) is 0 Å². The molecule has 3 aromatic rings. The molecule has 0 fully saturated rings. The van der Waals surface area contributed by atoms with E-state index in [9.17, 15) is 19.7 Å². The van der Waals surface area contributed by atoms with E-state index in [0.29, 0.717) is 5.56 Å². The fraction of sp³-hybridized carbons (Fsp3) is 0.111. The van der Waals surface area contributed by atoms with Crippen LogP contribution in [0.2, 0.25) is 0 Å². The Kier molecular flexibility index (Phi) is 4.66. The highest BCUT2D eigenvalue weighted by atomic mass is 16.6. The highest BCUT2D eigenvalue weighted by Gasteiger charge is 2.22. The summed E-state index contributed by atoms with van der Waals surface area (Å²) in [5.41, 5.74) is 6.20. The Morgan fingerprint density at radius 1 is 1.12 bits per heavy atom. The van der Waals surface area contributed by atoms with Crippen molar-refractivity contribution in [1.29, 1.82) is 0 Å². The number of hydrogen-bond acceptors (Lipinski definition) is 4. The first-order valence-corrected chi connectivity index (χ1v) is 7.85. The fourth-order valence-electron chi connectivity index (χ4n) is 2.77. The number of hydrogen-bond donors (Lipinski definition) is 3. The zero-order chi connectivity index (χ0) is 18.7. The van der Waals surface area contributed by atoms with Crippen LogP contribution in [-0.4, -0.2) is 21.7 Å². The first kappa shape index (κ1) is 17.2. The predicted molar refractivity (Wildman–Crippen MR) is 95.4 cm³/mol. The predicted octanol–water partition coefficient (Wildman–Crippen LogP) is 2.39. The number of nitrogens with one attached hydrogen (secondary N) is 3. The summed E-state index contributed by atoms with van der Waals surface area (Å²) in [5, 5.41) is 12.1. The second kappa shape index (κ2) is 7.06. The van der Waals surface area contributed by atoms with Crippen LogP contribution in [0.4, 0.5) is 5.69 Å². The molecule has 2 amide bonds. The minimum Gasteiger partial charge on any atom is -0.361 e. The minimum atomic E-state index is -0.743. The van der Waals surface area contributed by atoms with Crippen molar-refractivity contribution >= 4 is 28.4 Å². The van der Waals surface area contributed by atoms with Gasteiger partial charge in [-0.3, -0.25) is 30.6 Å². The molecule has 0 aliphatic heterocycles. The van der Waals surface area contributed by atoms with E-state index in [2.05, 4.69) is 15.8 Å². The van der Waals surface area contributed by atoms with Gasteiger partial charge in [-0.25, -0.2) is 0 Å². The van der Waals surface area contributed by atoms with Crippen LogP contribution >= 0.6 is 0 Å². The van der Waals surface area contributed by atoms with Gasteiger partial charge < -0.3 is 4.98 Å².